The first-order valence-electron chi connectivity index (χ1n) is 10.7. The number of rotatable bonds is 9. The smallest absolute Gasteiger partial charge is 0.352 e. The molecular formula is C20H25N8O6S2+. The van der Waals surface area contributed by atoms with Crippen LogP contribution in [0.4, 0.5) is 10.9 Å². The van der Waals surface area contributed by atoms with Crippen molar-refractivity contribution in [2.45, 2.75) is 31.4 Å². The Balaban J connectivity index is 1.55. The van der Waals surface area contributed by atoms with Crippen LogP contribution in [0.5, 0.6) is 0 Å². The molecule has 2 aliphatic heterocycles. The van der Waals surface area contributed by atoms with E-state index in [4.69, 9.17) is 16.3 Å². The summed E-state index contributed by atoms with van der Waals surface area (Å²) in [6.07, 6.45) is 1.66. The van der Waals surface area contributed by atoms with Gasteiger partial charge in [0.05, 0.1) is 6.61 Å². The van der Waals surface area contributed by atoms with Gasteiger partial charge >= 0.3 is 5.97 Å². The van der Waals surface area contributed by atoms with Crippen molar-refractivity contribution in [2.75, 3.05) is 30.9 Å². The summed E-state index contributed by atoms with van der Waals surface area (Å²) in [5.41, 5.74) is 12.1. The molecule has 4 heterocycles. The van der Waals surface area contributed by atoms with E-state index in [0.717, 1.165) is 17.2 Å². The molecule has 2 atom stereocenters. The molecule has 0 aliphatic carbocycles. The summed E-state index contributed by atoms with van der Waals surface area (Å²) < 4.78 is 3.50. The third kappa shape index (κ3) is 4.49. The van der Waals surface area contributed by atoms with E-state index >= 15 is 0 Å². The highest BCUT2D eigenvalue weighted by Crippen LogP contribution is 2.40. The van der Waals surface area contributed by atoms with Gasteiger partial charge in [-0.25, -0.2) is 18.9 Å². The average molecular weight is 538 g/mol. The lowest BCUT2D eigenvalue weighted by Gasteiger charge is -2.49. The van der Waals surface area contributed by atoms with Crippen LogP contribution >= 0.6 is 23.1 Å². The number of aliphatic carboxylic acids is 1. The third-order valence-electron chi connectivity index (χ3n) is 5.79. The van der Waals surface area contributed by atoms with Gasteiger partial charge in [0.25, 0.3) is 17.6 Å². The van der Waals surface area contributed by atoms with Gasteiger partial charge in [0.2, 0.25) is 5.82 Å². The molecule has 4 rings (SSSR count). The number of hydrogen-bond acceptors (Lipinski definition) is 11. The van der Waals surface area contributed by atoms with Gasteiger partial charge in [-0.05, 0) is 0 Å². The highest BCUT2D eigenvalue weighted by atomic mass is 32.2. The number of nitrogen functional groups attached to an aromatic ring is 2. The van der Waals surface area contributed by atoms with Gasteiger partial charge in [-0.15, -0.1) is 23.1 Å². The fraction of sp³-hybridized carbons (Fsp3) is 0.400. The second kappa shape index (κ2) is 10.2. The van der Waals surface area contributed by atoms with E-state index < -0.39 is 29.2 Å². The minimum absolute atomic E-state index is 0.0949. The van der Waals surface area contributed by atoms with Crippen LogP contribution in [-0.4, -0.2) is 79.0 Å². The number of thioether (sulfide) groups is 1. The maximum absolute atomic E-state index is 13.0. The largest absolute Gasteiger partial charge is 0.477 e. The minimum atomic E-state index is -1.24. The van der Waals surface area contributed by atoms with Crippen LogP contribution in [0.25, 0.3) is 0 Å². The second-order valence-corrected chi connectivity index (χ2v) is 9.91. The Morgan fingerprint density at radius 3 is 2.78 bits per heavy atom. The SMILES string of the molecule is CO/N=C(\C(=O)N[C@@H]1C(=O)N2C(C(=O)O)=C(C[n+]3cc(N)n(CCO)c3C)CS[C@H]12)c1csc(N)n1. The number of fused-ring (bicyclic) bond motifs is 1. The number of aliphatic hydroxyl groups is 1. The lowest BCUT2D eigenvalue weighted by molar-refractivity contribution is -0.694. The van der Waals surface area contributed by atoms with E-state index in [1.54, 1.807) is 22.3 Å². The maximum Gasteiger partial charge on any atom is 0.352 e. The Morgan fingerprint density at radius 2 is 2.17 bits per heavy atom. The average Bonchev–Trinajstić information content (AvgIpc) is 3.38. The van der Waals surface area contributed by atoms with Crippen LogP contribution in [0.2, 0.25) is 0 Å². The van der Waals surface area contributed by atoms with Gasteiger partial charge in [-0.3, -0.25) is 14.5 Å². The summed E-state index contributed by atoms with van der Waals surface area (Å²) in [6, 6.07) is -0.952. The first kappa shape index (κ1) is 25.5. The van der Waals surface area contributed by atoms with Crippen LogP contribution in [0.15, 0.2) is 28.0 Å². The molecule has 0 radical (unpaired) electrons. The van der Waals surface area contributed by atoms with Crippen LogP contribution in [0.3, 0.4) is 0 Å². The Bertz CT molecular complexity index is 1290. The molecule has 1 saturated heterocycles. The molecule has 0 spiro atoms. The fourth-order valence-electron chi connectivity index (χ4n) is 4.13. The number of hydrogen-bond donors (Lipinski definition) is 5. The molecule has 0 unspecified atom stereocenters. The molecule has 16 heteroatoms. The highest BCUT2D eigenvalue weighted by Gasteiger charge is 2.54. The monoisotopic (exact) mass is 537 g/mol. The fourth-order valence-corrected chi connectivity index (χ4v) is 6.01. The summed E-state index contributed by atoms with van der Waals surface area (Å²) in [5.74, 6) is -1.00. The molecule has 2 aromatic heterocycles. The van der Waals surface area contributed by atoms with Crippen LogP contribution in [0.1, 0.15) is 11.5 Å². The number of thiazole rings is 1. The van der Waals surface area contributed by atoms with Crippen molar-refractivity contribution in [1.29, 1.82) is 0 Å². The van der Waals surface area contributed by atoms with Crippen LogP contribution in [0, 0.1) is 6.92 Å². The summed E-state index contributed by atoms with van der Waals surface area (Å²) in [6.45, 7) is 2.22. The number of carboxylic acid groups (broad SMARTS) is 1. The van der Waals surface area contributed by atoms with Gasteiger partial charge in [0.1, 0.15) is 43.0 Å². The van der Waals surface area contributed by atoms with Gasteiger partial charge in [-0.2, -0.15) is 0 Å². The Kier molecular flexibility index (Phi) is 7.18. The number of carboxylic acids is 1. The van der Waals surface area contributed by atoms with Crippen molar-refractivity contribution in [3.8, 4) is 0 Å². The topological polar surface area (TPSA) is 202 Å². The van der Waals surface area contributed by atoms with Crippen molar-refractivity contribution < 1.29 is 34.0 Å². The molecule has 0 aromatic carbocycles. The molecule has 1 fully saturated rings. The number of oxime groups is 1. The zero-order valence-electron chi connectivity index (χ0n) is 19.4. The zero-order chi connectivity index (χ0) is 26.1. The molecule has 2 amide bonds. The number of carbonyl (C=O) groups excluding carboxylic acids is 2. The molecule has 0 bridgehead atoms. The number of amides is 2. The summed E-state index contributed by atoms with van der Waals surface area (Å²) in [7, 11) is 1.27. The quantitative estimate of drug-likeness (QED) is 0.108. The third-order valence-corrected chi connectivity index (χ3v) is 7.80. The number of nitrogens with zero attached hydrogens (tertiary/aromatic N) is 5. The lowest BCUT2D eigenvalue weighted by atomic mass is 10.0. The molecule has 192 valence electrons. The Morgan fingerprint density at radius 1 is 1.42 bits per heavy atom. The first-order valence-corrected chi connectivity index (χ1v) is 12.6. The normalized spacial score (nSPS) is 19.7. The van der Waals surface area contributed by atoms with Crippen molar-refractivity contribution in [3.05, 3.63) is 34.4 Å². The predicted octanol–water partition coefficient (Wildman–Crippen LogP) is -1.51. The number of aromatic nitrogens is 3. The second-order valence-electron chi connectivity index (χ2n) is 7.92. The number of nitrogens with two attached hydrogens (primary N) is 2. The number of β-lactam (4-membered cyclic amide) rings is 1. The molecule has 0 saturated carbocycles. The molecule has 7 N–H and O–H groups in total. The number of aliphatic hydroxyl groups excluding tert-OH is 1. The van der Waals surface area contributed by atoms with Crippen LogP contribution in [-0.2, 0) is 32.3 Å². The molecule has 2 aliphatic rings. The van der Waals surface area contributed by atoms with Gasteiger partial charge in [0, 0.05) is 23.6 Å². The summed E-state index contributed by atoms with van der Waals surface area (Å²) in [4.78, 5) is 48.0. The molecule has 14 nitrogen and oxygen atoms in total. The minimum Gasteiger partial charge on any atom is -0.477 e. The van der Waals surface area contributed by atoms with Gasteiger partial charge in [0.15, 0.2) is 17.0 Å². The van der Waals surface area contributed by atoms with Crippen molar-refractivity contribution in [2.24, 2.45) is 5.16 Å². The van der Waals surface area contributed by atoms with Crippen LogP contribution < -0.4 is 21.4 Å². The Labute approximate surface area is 213 Å². The molecule has 2 aromatic rings. The first-order chi connectivity index (χ1) is 17.2. The Hall–Kier alpha value is -3.63. The van der Waals surface area contributed by atoms with Crippen molar-refractivity contribution in [3.63, 3.8) is 0 Å². The lowest BCUT2D eigenvalue weighted by Crippen LogP contribution is -2.71. The number of carbonyl (C=O) groups is 3. The van der Waals surface area contributed by atoms with E-state index in [0.29, 0.717) is 23.7 Å². The molecular weight excluding hydrogens is 512 g/mol. The van der Waals surface area contributed by atoms with Crippen molar-refractivity contribution in [1.82, 2.24) is 19.8 Å². The number of nitrogens with one attached hydrogen (secondary N) is 1. The maximum atomic E-state index is 13.0. The number of imidazole rings is 1. The van der Waals surface area contributed by atoms with Crippen molar-refractivity contribution >= 4 is 57.5 Å². The van der Waals surface area contributed by atoms with Gasteiger partial charge < -0.3 is 31.8 Å². The number of anilines is 2. The van der Waals surface area contributed by atoms with E-state index in [9.17, 15) is 24.6 Å². The summed E-state index contributed by atoms with van der Waals surface area (Å²) >= 11 is 2.46. The zero-order valence-corrected chi connectivity index (χ0v) is 21.0. The predicted molar refractivity (Wildman–Crippen MR) is 131 cm³/mol. The highest BCUT2D eigenvalue weighted by molar-refractivity contribution is 8.00. The standard InChI is InChI=1S/C20H24N8O6S2/c1-9-26(6-12(21)27(9)3-4-29)5-10-7-35-18-14(17(31)28(18)15(10)19(32)33)24-16(30)13(25-34-2)11-8-36-20(22)23-11/h6,8,14,18,29H,3-5,7,21H2,1-2H3,(H3-,22,23,24,30,32,33)/p+1/b25-13-/t14-,18-/m1/s1. The van der Waals surface area contributed by atoms with E-state index in [2.05, 4.69) is 15.5 Å². The van der Waals surface area contributed by atoms with E-state index in [-0.39, 0.29) is 35.4 Å². The summed E-state index contributed by atoms with van der Waals surface area (Å²) in [5, 5.41) is 26.7. The molecule has 36 heavy (non-hydrogen) atoms. The van der Waals surface area contributed by atoms with E-state index in [1.165, 1.54) is 29.2 Å². The van der Waals surface area contributed by atoms with Gasteiger partial charge in [-0.1, -0.05) is 5.16 Å². The van der Waals surface area contributed by atoms with E-state index in [1.807, 2.05) is 0 Å².